The minimum Gasteiger partial charge on any atom is -0.496 e. The summed E-state index contributed by atoms with van der Waals surface area (Å²) in [5.41, 5.74) is 5.50. The highest BCUT2D eigenvalue weighted by Crippen LogP contribution is 2.47. The maximum absolute atomic E-state index is 13.4. The van der Waals surface area contributed by atoms with Gasteiger partial charge in [0.2, 0.25) is 0 Å². The first-order chi connectivity index (χ1) is 6.57. The van der Waals surface area contributed by atoms with Crippen LogP contribution < -0.4 is 10.5 Å². The molecule has 1 aromatic rings. The van der Waals surface area contributed by atoms with Crippen LogP contribution >= 0.6 is 0 Å². The van der Waals surface area contributed by atoms with Crippen molar-refractivity contribution in [3.63, 3.8) is 0 Å². The normalized spacial score (nSPS) is 18.0. The van der Waals surface area contributed by atoms with Crippen molar-refractivity contribution in [2.24, 2.45) is 5.73 Å². The van der Waals surface area contributed by atoms with Gasteiger partial charge in [-0.2, -0.15) is 0 Å². The average molecular weight is 199 g/mol. The molecule has 1 saturated carbocycles. The highest BCUT2D eigenvalue weighted by molar-refractivity contribution is 5.43. The quantitative estimate of drug-likeness (QED) is 0.789. The molecule has 0 unspecified atom stereocenters. The van der Waals surface area contributed by atoms with E-state index in [0.29, 0.717) is 18.4 Å². The average Bonchev–Trinajstić information content (AvgIpc) is 2.82. The van der Waals surface area contributed by atoms with Crippen LogP contribution in [-0.4, -0.2) is 7.11 Å². The summed E-state index contributed by atoms with van der Waals surface area (Å²) in [5.74, 6) is -1.07. The summed E-state index contributed by atoms with van der Waals surface area (Å²) in [5, 5.41) is 0. The van der Waals surface area contributed by atoms with Crippen LogP contribution in [0.15, 0.2) is 12.1 Å². The number of halogens is 2. The van der Waals surface area contributed by atoms with E-state index in [1.165, 1.54) is 7.11 Å². The Labute approximate surface area is 80.7 Å². The van der Waals surface area contributed by atoms with E-state index in [1.807, 2.05) is 0 Å². The van der Waals surface area contributed by atoms with Gasteiger partial charge in [-0.1, -0.05) is 0 Å². The number of methoxy groups -OCH3 is 1. The third kappa shape index (κ3) is 1.35. The van der Waals surface area contributed by atoms with Gasteiger partial charge in [-0.25, -0.2) is 8.78 Å². The predicted molar refractivity (Wildman–Crippen MR) is 48.0 cm³/mol. The van der Waals surface area contributed by atoms with E-state index in [-0.39, 0.29) is 5.75 Å². The van der Waals surface area contributed by atoms with Crippen LogP contribution in [0.3, 0.4) is 0 Å². The van der Waals surface area contributed by atoms with Gasteiger partial charge in [0.15, 0.2) is 0 Å². The standard InChI is InChI=1S/C10H11F2NO/c1-14-8-5-6(11)4-7(12)9(8)10(13)2-3-10/h4-5H,2-3,13H2,1H3. The van der Waals surface area contributed by atoms with Crippen molar-refractivity contribution in [1.82, 2.24) is 0 Å². The Morgan fingerprint density at radius 2 is 2.00 bits per heavy atom. The molecule has 2 rings (SSSR count). The zero-order valence-electron chi connectivity index (χ0n) is 7.81. The summed E-state index contributed by atoms with van der Waals surface area (Å²) in [6.45, 7) is 0. The molecule has 0 bridgehead atoms. The molecule has 0 aromatic heterocycles. The lowest BCUT2D eigenvalue weighted by Crippen LogP contribution is -2.21. The van der Waals surface area contributed by atoms with E-state index in [9.17, 15) is 8.78 Å². The van der Waals surface area contributed by atoms with Crippen LogP contribution in [0.25, 0.3) is 0 Å². The zero-order chi connectivity index (χ0) is 10.3. The highest BCUT2D eigenvalue weighted by Gasteiger charge is 2.44. The molecular weight excluding hydrogens is 188 g/mol. The number of ether oxygens (including phenoxy) is 1. The number of hydrogen-bond donors (Lipinski definition) is 1. The molecule has 0 aliphatic heterocycles. The SMILES string of the molecule is COc1cc(F)cc(F)c1C1(N)CC1. The highest BCUT2D eigenvalue weighted by atomic mass is 19.1. The van der Waals surface area contributed by atoms with Crippen LogP contribution in [0.2, 0.25) is 0 Å². The molecule has 0 atom stereocenters. The molecule has 2 nitrogen and oxygen atoms in total. The van der Waals surface area contributed by atoms with Gasteiger partial charge >= 0.3 is 0 Å². The molecule has 1 aromatic carbocycles. The van der Waals surface area contributed by atoms with Crippen LogP contribution in [0.5, 0.6) is 5.75 Å². The van der Waals surface area contributed by atoms with E-state index in [4.69, 9.17) is 10.5 Å². The van der Waals surface area contributed by atoms with Crippen LogP contribution in [-0.2, 0) is 5.54 Å². The Balaban J connectivity index is 2.56. The smallest absolute Gasteiger partial charge is 0.134 e. The van der Waals surface area contributed by atoms with E-state index >= 15 is 0 Å². The lowest BCUT2D eigenvalue weighted by atomic mass is 10.0. The van der Waals surface area contributed by atoms with Gasteiger partial charge in [-0.15, -0.1) is 0 Å². The zero-order valence-corrected chi connectivity index (χ0v) is 7.81. The molecule has 0 radical (unpaired) electrons. The summed E-state index contributed by atoms with van der Waals surface area (Å²) in [6.07, 6.45) is 1.43. The topological polar surface area (TPSA) is 35.2 Å². The maximum atomic E-state index is 13.4. The van der Waals surface area contributed by atoms with Gasteiger partial charge < -0.3 is 10.5 Å². The lowest BCUT2D eigenvalue weighted by molar-refractivity contribution is 0.392. The summed E-state index contributed by atoms with van der Waals surface area (Å²) < 4.78 is 31.2. The van der Waals surface area contributed by atoms with Crippen LogP contribution in [0.4, 0.5) is 8.78 Å². The molecular formula is C10H11F2NO. The molecule has 1 aliphatic rings. The van der Waals surface area contributed by atoms with E-state index in [0.717, 1.165) is 12.1 Å². The van der Waals surface area contributed by atoms with Crippen molar-refractivity contribution in [1.29, 1.82) is 0 Å². The summed E-state index contributed by atoms with van der Waals surface area (Å²) in [4.78, 5) is 0. The lowest BCUT2D eigenvalue weighted by Gasteiger charge is -2.15. The molecule has 0 spiro atoms. The minimum atomic E-state index is -0.650. The molecule has 2 N–H and O–H groups in total. The van der Waals surface area contributed by atoms with E-state index < -0.39 is 17.2 Å². The molecule has 0 saturated heterocycles. The Hall–Kier alpha value is -1.16. The summed E-state index contributed by atoms with van der Waals surface area (Å²) in [7, 11) is 1.38. The first-order valence-corrected chi connectivity index (χ1v) is 4.39. The van der Waals surface area contributed by atoms with Gasteiger partial charge in [0.05, 0.1) is 7.11 Å². The Bertz CT molecular complexity index is 375. The molecule has 76 valence electrons. The van der Waals surface area contributed by atoms with Crippen molar-refractivity contribution in [3.05, 3.63) is 29.3 Å². The predicted octanol–water partition coefficient (Wildman–Crippen LogP) is 1.92. The van der Waals surface area contributed by atoms with Gasteiger partial charge in [0.1, 0.15) is 17.4 Å². The van der Waals surface area contributed by atoms with Gasteiger partial charge in [0.25, 0.3) is 0 Å². The largest absolute Gasteiger partial charge is 0.496 e. The number of nitrogens with two attached hydrogens (primary N) is 1. The number of benzene rings is 1. The van der Waals surface area contributed by atoms with E-state index in [2.05, 4.69) is 0 Å². The van der Waals surface area contributed by atoms with Gasteiger partial charge in [-0.05, 0) is 12.8 Å². The maximum Gasteiger partial charge on any atom is 0.134 e. The molecule has 14 heavy (non-hydrogen) atoms. The first-order valence-electron chi connectivity index (χ1n) is 4.39. The second-order valence-corrected chi connectivity index (χ2v) is 3.62. The van der Waals surface area contributed by atoms with Crippen molar-refractivity contribution in [2.75, 3.05) is 7.11 Å². The van der Waals surface area contributed by atoms with Gasteiger partial charge in [-0.3, -0.25) is 0 Å². The fourth-order valence-corrected chi connectivity index (χ4v) is 1.58. The fourth-order valence-electron chi connectivity index (χ4n) is 1.58. The third-order valence-electron chi connectivity index (χ3n) is 2.53. The van der Waals surface area contributed by atoms with Gasteiger partial charge in [0, 0.05) is 23.2 Å². The molecule has 1 aliphatic carbocycles. The van der Waals surface area contributed by atoms with Crippen LogP contribution in [0, 0.1) is 11.6 Å². The summed E-state index contributed by atoms with van der Waals surface area (Å²) >= 11 is 0. The van der Waals surface area contributed by atoms with Crippen LogP contribution in [0.1, 0.15) is 18.4 Å². The fraction of sp³-hybridized carbons (Fsp3) is 0.400. The third-order valence-corrected chi connectivity index (χ3v) is 2.53. The number of rotatable bonds is 2. The number of hydrogen-bond acceptors (Lipinski definition) is 2. The van der Waals surface area contributed by atoms with Crippen molar-refractivity contribution in [3.8, 4) is 5.75 Å². The molecule has 0 amide bonds. The van der Waals surface area contributed by atoms with Crippen molar-refractivity contribution < 1.29 is 13.5 Å². The molecule has 4 heteroatoms. The Morgan fingerprint density at radius 1 is 1.36 bits per heavy atom. The summed E-state index contributed by atoms with van der Waals surface area (Å²) in [6, 6.07) is 2.00. The first kappa shape index (κ1) is 9.40. The van der Waals surface area contributed by atoms with Crippen molar-refractivity contribution >= 4 is 0 Å². The second kappa shape index (κ2) is 2.92. The molecule has 1 fully saturated rings. The monoisotopic (exact) mass is 199 g/mol. The second-order valence-electron chi connectivity index (χ2n) is 3.62. The Kier molecular flexibility index (Phi) is 1.96. The van der Waals surface area contributed by atoms with Crippen molar-refractivity contribution in [2.45, 2.75) is 18.4 Å². The minimum absolute atomic E-state index is 0.197. The van der Waals surface area contributed by atoms with E-state index in [1.54, 1.807) is 0 Å². The Morgan fingerprint density at radius 3 is 2.50 bits per heavy atom. The molecule has 0 heterocycles.